The minimum Gasteiger partial charge on any atom is -0.486 e. The van der Waals surface area contributed by atoms with Crippen LogP contribution in [0.2, 0.25) is 0 Å². The van der Waals surface area contributed by atoms with Crippen LogP contribution in [-0.4, -0.2) is 72.5 Å². The molecule has 0 spiro atoms. The zero-order valence-corrected chi connectivity index (χ0v) is 21.4. The van der Waals surface area contributed by atoms with E-state index in [0.29, 0.717) is 60.5 Å². The lowest BCUT2D eigenvalue weighted by molar-refractivity contribution is 0.0376. The minimum atomic E-state index is -0.292. The van der Waals surface area contributed by atoms with Crippen LogP contribution >= 0.6 is 12.2 Å². The number of pyridine rings is 1. The van der Waals surface area contributed by atoms with Crippen molar-refractivity contribution >= 4 is 28.2 Å². The Morgan fingerprint density at radius 3 is 2.51 bits per heavy atom. The highest BCUT2D eigenvalue weighted by atomic mass is 32.1. The summed E-state index contributed by atoms with van der Waals surface area (Å²) in [6.07, 6.45) is 0.939. The number of thiocarbonyl (C=S) groups is 1. The first-order chi connectivity index (χ1) is 18.0. The molecule has 0 radical (unpaired) electrons. The van der Waals surface area contributed by atoms with Crippen molar-refractivity contribution in [1.82, 2.24) is 20.1 Å². The van der Waals surface area contributed by atoms with E-state index in [4.69, 9.17) is 26.4 Å². The van der Waals surface area contributed by atoms with Gasteiger partial charge in [-0.3, -0.25) is 9.69 Å². The average Bonchev–Trinajstić information content (AvgIpc) is 2.91. The second-order valence-electron chi connectivity index (χ2n) is 9.23. The molecule has 10 heteroatoms. The van der Waals surface area contributed by atoms with Crippen LogP contribution in [0.4, 0.5) is 4.39 Å². The van der Waals surface area contributed by atoms with Gasteiger partial charge in [0, 0.05) is 43.2 Å². The molecule has 3 heterocycles. The zero-order chi connectivity index (χ0) is 25.6. The quantitative estimate of drug-likeness (QED) is 0.343. The van der Waals surface area contributed by atoms with Crippen LogP contribution in [-0.2, 0) is 17.8 Å². The Morgan fingerprint density at radius 2 is 1.76 bits per heavy atom. The van der Waals surface area contributed by atoms with Crippen LogP contribution in [0.25, 0.3) is 10.9 Å². The van der Waals surface area contributed by atoms with Gasteiger partial charge >= 0.3 is 0 Å². The van der Waals surface area contributed by atoms with Crippen LogP contribution < -0.4 is 20.3 Å². The van der Waals surface area contributed by atoms with E-state index in [1.165, 1.54) is 12.1 Å². The second-order valence-corrected chi connectivity index (χ2v) is 9.62. The number of ether oxygens (including phenoxy) is 3. The third-order valence-corrected chi connectivity index (χ3v) is 6.95. The van der Waals surface area contributed by atoms with Gasteiger partial charge in [-0.1, -0.05) is 12.1 Å². The van der Waals surface area contributed by atoms with Crippen molar-refractivity contribution in [2.45, 2.75) is 19.5 Å². The van der Waals surface area contributed by atoms with Gasteiger partial charge in [0.05, 0.1) is 25.3 Å². The molecule has 2 aliphatic heterocycles. The molecule has 3 aromatic rings. The van der Waals surface area contributed by atoms with E-state index in [2.05, 4.69) is 15.2 Å². The molecular weight excluding hydrogens is 495 g/mol. The maximum absolute atomic E-state index is 13.5. The Bertz CT molecular complexity index is 1290. The molecule has 37 heavy (non-hydrogen) atoms. The summed E-state index contributed by atoms with van der Waals surface area (Å²) < 4.78 is 30.2. The molecule has 0 unspecified atom stereocenters. The number of aromatic amines is 1. The molecule has 0 saturated carbocycles. The van der Waals surface area contributed by atoms with Crippen molar-refractivity contribution < 1.29 is 18.6 Å². The van der Waals surface area contributed by atoms with E-state index >= 15 is 0 Å². The van der Waals surface area contributed by atoms with E-state index in [-0.39, 0.29) is 11.4 Å². The molecule has 2 aromatic carbocycles. The molecule has 5 rings (SSSR count). The zero-order valence-electron chi connectivity index (χ0n) is 20.6. The van der Waals surface area contributed by atoms with Crippen molar-refractivity contribution in [2.75, 3.05) is 52.6 Å². The van der Waals surface area contributed by atoms with Gasteiger partial charge in [-0.05, 0) is 55.0 Å². The number of H-pyrrole nitrogens is 1. The van der Waals surface area contributed by atoms with Crippen LogP contribution in [0.15, 0.2) is 47.3 Å². The van der Waals surface area contributed by atoms with Crippen molar-refractivity contribution in [3.63, 3.8) is 0 Å². The predicted octanol–water partition coefficient (Wildman–Crippen LogP) is 3.04. The van der Waals surface area contributed by atoms with Gasteiger partial charge in [-0.25, -0.2) is 4.39 Å². The van der Waals surface area contributed by atoms with Gasteiger partial charge in [-0.2, -0.15) is 0 Å². The maximum atomic E-state index is 13.5. The minimum absolute atomic E-state index is 0.191. The Hall–Kier alpha value is -3.21. The standard InChI is InChI=1S/C27H31FN4O4S/c28-22-4-2-19(3-5-22)17-32(27(37)29-6-1-7-31-8-10-34-11-9-31)18-21-14-20-15-24-25(36-13-12-35-24)16-23(20)30-26(21)33/h2-5,14-16H,1,6-13,17-18H2,(H,29,37)(H,30,33). The summed E-state index contributed by atoms with van der Waals surface area (Å²) in [7, 11) is 0. The Morgan fingerprint density at radius 1 is 1.03 bits per heavy atom. The fraction of sp³-hybridized carbons (Fsp3) is 0.407. The molecule has 0 bridgehead atoms. The summed E-state index contributed by atoms with van der Waals surface area (Å²) >= 11 is 5.75. The fourth-order valence-corrected chi connectivity index (χ4v) is 4.79. The molecule has 0 amide bonds. The highest BCUT2D eigenvalue weighted by Gasteiger charge is 2.17. The Labute approximate surface area is 220 Å². The molecule has 8 nitrogen and oxygen atoms in total. The van der Waals surface area contributed by atoms with Gasteiger partial charge in [-0.15, -0.1) is 0 Å². The summed E-state index contributed by atoms with van der Waals surface area (Å²) in [6.45, 7) is 6.85. The third kappa shape index (κ3) is 6.57. The number of fused-ring (bicyclic) bond motifs is 2. The van der Waals surface area contributed by atoms with Crippen LogP contribution in [0.1, 0.15) is 17.5 Å². The largest absolute Gasteiger partial charge is 0.486 e. The monoisotopic (exact) mass is 526 g/mol. The van der Waals surface area contributed by atoms with Gasteiger partial charge in [0.2, 0.25) is 0 Å². The smallest absolute Gasteiger partial charge is 0.253 e. The number of benzene rings is 2. The van der Waals surface area contributed by atoms with E-state index in [1.807, 2.05) is 17.0 Å². The molecule has 1 aromatic heterocycles. The number of halogens is 1. The van der Waals surface area contributed by atoms with Crippen molar-refractivity contribution in [3.8, 4) is 11.5 Å². The number of nitrogens with one attached hydrogen (secondary N) is 2. The van der Waals surface area contributed by atoms with Gasteiger partial charge in [0.15, 0.2) is 16.6 Å². The average molecular weight is 527 g/mol. The first-order valence-electron chi connectivity index (χ1n) is 12.6. The number of morpholine rings is 1. The van der Waals surface area contributed by atoms with Crippen LogP contribution in [0.5, 0.6) is 11.5 Å². The van der Waals surface area contributed by atoms with E-state index < -0.39 is 0 Å². The summed E-state index contributed by atoms with van der Waals surface area (Å²) in [6, 6.07) is 11.9. The third-order valence-electron chi connectivity index (χ3n) is 6.55. The fourth-order valence-electron chi connectivity index (χ4n) is 4.56. The van der Waals surface area contributed by atoms with Crippen LogP contribution in [0, 0.1) is 5.82 Å². The maximum Gasteiger partial charge on any atom is 0.253 e. The number of hydrogen-bond acceptors (Lipinski definition) is 6. The van der Waals surface area contributed by atoms with Crippen molar-refractivity contribution in [3.05, 3.63) is 69.8 Å². The molecule has 0 aliphatic carbocycles. The Balaban J connectivity index is 1.31. The lowest BCUT2D eigenvalue weighted by atomic mass is 10.1. The highest BCUT2D eigenvalue weighted by Crippen LogP contribution is 2.33. The number of nitrogens with zero attached hydrogens (tertiary/aromatic N) is 2. The SMILES string of the molecule is O=c1[nH]c2cc3c(cc2cc1CN(Cc1ccc(F)cc1)C(=S)NCCCN1CCOCC1)OCCO3. The normalized spacial score (nSPS) is 15.5. The molecular formula is C27H31FN4O4S. The summed E-state index contributed by atoms with van der Waals surface area (Å²) in [5, 5.41) is 4.75. The topological polar surface area (TPSA) is 79.1 Å². The second kappa shape index (κ2) is 11.9. The van der Waals surface area contributed by atoms with Crippen molar-refractivity contribution in [2.24, 2.45) is 0 Å². The first kappa shape index (κ1) is 25.4. The van der Waals surface area contributed by atoms with E-state index in [1.54, 1.807) is 18.2 Å². The number of rotatable bonds is 8. The first-order valence-corrected chi connectivity index (χ1v) is 13.0. The summed E-state index contributed by atoms with van der Waals surface area (Å²) in [5.41, 5.74) is 1.97. The molecule has 2 aliphatic rings. The molecule has 196 valence electrons. The highest BCUT2D eigenvalue weighted by molar-refractivity contribution is 7.80. The number of hydrogen-bond donors (Lipinski definition) is 2. The van der Waals surface area contributed by atoms with Crippen LogP contribution in [0.3, 0.4) is 0 Å². The van der Waals surface area contributed by atoms with Crippen molar-refractivity contribution in [1.29, 1.82) is 0 Å². The lowest BCUT2D eigenvalue weighted by Crippen LogP contribution is -2.42. The van der Waals surface area contributed by atoms with E-state index in [9.17, 15) is 9.18 Å². The van der Waals surface area contributed by atoms with Gasteiger partial charge in [0.25, 0.3) is 5.56 Å². The Kier molecular flexibility index (Phi) is 8.18. The lowest BCUT2D eigenvalue weighted by Gasteiger charge is -2.28. The predicted molar refractivity (Wildman–Crippen MR) is 144 cm³/mol. The molecule has 1 saturated heterocycles. The molecule has 0 atom stereocenters. The number of aromatic nitrogens is 1. The summed E-state index contributed by atoms with van der Waals surface area (Å²) in [4.78, 5) is 20.3. The van der Waals surface area contributed by atoms with Gasteiger partial charge in [0.1, 0.15) is 19.0 Å². The molecule has 2 N–H and O–H groups in total. The molecule has 1 fully saturated rings. The summed E-state index contributed by atoms with van der Waals surface area (Å²) in [5.74, 6) is 1.000. The van der Waals surface area contributed by atoms with Gasteiger partial charge < -0.3 is 29.4 Å². The van der Waals surface area contributed by atoms with E-state index in [0.717, 1.165) is 50.2 Å².